The minimum Gasteiger partial charge on any atom is -0.462 e. The predicted octanol–water partition coefficient (Wildman–Crippen LogP) is 3.21. The molecule has 6 heteroatoms. The number of hydrogen-bond donors (Lipinski definition) is 0. The van der Waals surface area contributed by atoms with Crippen molar-refractivity contribution in [2.24, 2.45) is 5.92 Å². The number of halogens is 1. The van der Waals surface area contributed by atoms with Gasteiger partial charge in [0, 0.05) is 10.7 Å². The van der Waals surface area contributed by atoms with Gasteiger partial charge in [0.15, 0.2) is 0 Å². The topological polar surface area (TPSA) is 60.4 Å². The zero-order valence-electron chi connectivity index (χ0n) is 10.9. The highest BCUT2D eigenvalue weighted by molar-refractivity contribution is 8.13. The van der Waals surface area contributed by atoms with E-state index in [1.165, 1.54) is 24.3 Å². The Morgan fingerprint density at radius 1 is 1.37 bits per heavy atom. The summed E-state index contributed by atoms with van der Waals surface area (Å²) >= 11 is 0. The van der Waals surface area contributed by atoms with E-state index < -0.39 is 15.0 Å². The lowest BCUT2D eigenvalue weighted by Gasteiger charge is -2.07. The third-order valence-electron chi connectivity index (χ3n) is 2.51. The second kappa shape index (κ2) is 6.91. The Morgan fingerprint density at radius 3 is 2.63 bits per heavy atom. The Hall–Kier alpha value is -1.07. The van der Waals surface area contributed by atoms with Gasteiger partial charge in [-0.3, -0.25) is 0 Å². The Labute approximate surface area is 118 Å². The van der Waals surface area contributed by atoms with E-state index in [1.54, 1.807) is 0 Å². The fourth-order valence-corrected chi connectivity index (χ4v) is 2.31. The summed E-state index contributed by atoms with van der Waals surface area (Å²) in [6.45, 7) is 4.52. The summed E-state index contributed by atoms with van der Waals surface area (Å²) in [6.07, 6.45) is 1.76. The quantitative estimate of drug-likeness (QED) is 0.460. The molecule has 0 N–H and O–H groups in total. The van der Waals surface area contributed by atoms with Gasteiger partial charge in [-0.25, -0.2) is 13.2 Å². The summed E-state index contributed by atoms with van der Waals surface area (Å²) in [5.41, 5.74) is 0.186. The number of hydrogen-bond acceptors (Lipinski definition) is 4. The van der Waals surface area contributed by atoms with Crippen LogP contribution in [-0.4, -0.2) is 21.0 Å². The third-order valence-corrected chi connectivity index (χ3v) is 3.86. The monoisotopic (exact) mass is 304 g/mol. The Balaban J connectivity index is 2.63. The number of rotatable bonds is 6. The molecule has 1 aromatic rings. The normalized spacial score (nSPS) is 11.6. The SMILES string of the molecule is CC(C)CCCOC(=O)c1cccc(S(=O)(=O)Cl)c1. The number of carbonyl (C=O) groups is 1. The molecule has 0 amide bonds. The lowest BCUT2D eigenvalue weighted by Crippen LogP contribution is -2.07. The van der Waals surface area contributed by atoms with E-state index in [0.717, 1.165) is 12.8 Å². The van der Waals surface area contributed by atoms with Crippen molar-refractivity contribution in [1.82, 2.24) is 0 Å². The third kappa shape index (κ3) is 5.61. The molecule has 19 heavy (non-hydrogen) atoms. The van der Waals surface area contributed by atoms with E-state index >= 15 is 0 Å². The van der Waals surface area contributed by atoms with Crippen molar-refractivity contribution in [3.8, 4) is 0 Å². The average Bonchev–Trinajstić information content (AvgIpc) is 2.33. The van der Waals surface area contributed by atoms with E-state index in [-0.39, 0.29) is 10.5 Å². The van der Waals surface area contributed by atoms with Crippen LogP contribution in [0.1, 0.15) is 37.0 Å². The van der Waals surface area contributed by atoms with E-state index in [2.05, 4.69) is 13.8 Å². The Morgan fingerprint density at radius 2 is 2.05 bits per heavy atom. The molecule has 0 saturated heterocycles. The maximum atomic E-state index is 11.7. The molecular weight excluding hydrogens is 288 g/mol. The predicted molar refractivity (Wildman–Crippen MR) is 73.8 cm³/mol. The molecule has 0 fully saturated rings. The van der Waals surface area contributed by atoms with E-state index in [4.69, 9.17) is 15.4 Å². The van der Waals surface area contributed by atoms with Gasteiger partial charge >= 0.3 is 5.97 Å². The molecule has 0 heterocycles. The summed E-state index contributed by atoms with van der Waals surface area (Å²) in [7, 11) is 1.39. The first-order valence-corrected chi connectivity index (χ1v) is 8.33. The highest BCUT2D eigenvalue weighted by Gasteiger charge is 2.14. The molecule has 1 aromatic carbocycles. The fourth-order valence-electron chi connectivity index (χ4n) is 1.51. The zero-order valence-corrected chi connectivity index (χ0v) is 12.5. The smallest absolute Gasteiger partial charge is 0.338 e. The largest absolute Gasteiger partial charge is 0.462 e. The molecular formula is C13H17ClO4S. The van der Waals surface area contributed by atoms with Crippen LogP contribution in [-0.2, 0) is 13.8 Å². The van der Waals surface area contributed by atoms with Crippen LogP contribution in [0.15, 0.2) is 29.2 Å². The molecule has 1 rings (SSSR count). The molecule has 4 nitrogen and oxygen atoms in total. The molecule has 0 bridgehead atoms. The minimum atomic E-state index is -3.83. The van der Waals surface area contributed by atoms with Crippen LogP contribution < -0.4 is 0 Å². The van der Waals surface area contributed by atoms with E-state index in [0.29, 0.717) is 12.5 Å². The van der Waals surface area contributed by atoms with Crippen molar-refractivity contribution in [1.29, 1.82) is 0 Å². The molecule has 106 valence electrons. The van der Waals surface area contributed by atoms with Crippen LogP contribution >= 0.6 is 10.7 Å². The zero-order chi connectivity index (χ0) is 14.5. The first-order chi connectivity index (χ1) is 8.80. The Bertz CT molecular complexity index is 537. The molecule has 0 aliphatic rings. The molecule has 0 saturated carbocycles. The van der Waals surface area contributed by atoms with Crippen LogP contribution in [0.4, 0.5) is 0 Å². The molecule has 0 aliphatic heterocycles. The summed E-state index contributed by atoms with van der Waals surface area (Å²) in [5, 5.41) is 0. The first kappa shape index (κ1) is 16.0. The molecule has 0 radical (unpaired) electrons. The lowest BCUT2D eigenvalue weighted by atomic mass is 10.1. The number of carbonyl (C=O) groups excluding carboxylic acids is 1. The second-order valence-corrected chi connectivity index (χ2v) is 7.20. The molecule has 0 aliphatic carbocycles. The maximum absolute atomic E-state index is 11.7. The standard InChI is InChI=1S/C13H17ClO4S/c1-10(2)5-4-8-18-13(15)11-6-3-7-12(9-11)19(14,16)17/h3,6-7,9-10H,4-5,8H2,1-2H3. The van der Waals surface area contributed by atoms with Crippen LogP contribution in [0, 0.1) is 5.92 Å². The average molecular weight is 305 g/mol. The van der Waals surface area contributed by atoms with Gasteiger partial charge in [0.2, 0.25) is 0 Å². The summed E-state index contributed by atoms with van der Waals surface area (Å²) in [5.74, 6) is 0.0225. The van der Waals surface area contributed by atoms with Gasteiger partial charge in [0.05, 0.1) is 17.1 Å². The summed E-state index contributed by atoms with van der Waals surface area (Å²) in [6, 6.07) is 5.50. The highest BCUT2D eigenvalue weighted by atomic mass is 35.7. The highest BCUT2D eigenvalue weighted by Crippen LogP contribution is 2.16. The van der Waals surface area contributed by atoms with Crippen molar-refractivity contribution < 1.29 is 17.9 Å². The van der Waals surface area contributed by atoms with E-state index in [1.807, 2.05) is 0 Å². The molecule has 0 spiro atoms. The van der Waals surface area contributed by atoms with Gasteiger partial charge in [-0.1, -0.05) is 19.9 Å². The number of benzene rings is 1. The van der Waals surface area contributed by atoms with Gasteiger partial charge in [-0.15, -0.1) is 0 Å². The first-order valence-electron chi connectivity index (χ1n) is 6.02. The molecule has 0 atom stereocenters. The molecule has 0 unspecified atom stereocenters. The molecule has 0 aromatic heterocycles. The minimum absolute atomic E-state index is 0.106. The van der Waals surface area contributed by atoms with Gasteiger partial charge < -0.3 is 4.74 Å². The van der Waals surface area contributed by atoms with Crippen LogP contribution in [0.2, 0.25) is 0 Å². The van der Waals surface area contributed by atoms with Crippen molar-refractivity contribution >= 4 is 25.7 Å². The van der Waals surface area contributed by atoms with Crippen LogP contribution in [0.5, 0.6) is 0 Å². The van der Waals surface area contributed by atoms with Gasteiger partial charge in [-0.2, -0.15) is 0 Å². The lowest BCUT2D eigenvalue weighted by molar-refractivity contribution is 0.0494. The van der Waals surface area contributed by atoms with Crippen molar-refractivity contribution in [3.63, 3.8) is 0 Å². The fraction of sp³-hybridized carbons (Fsp3) is 0.462. The van der Waals surface area contributed by atoms with Gasteiger partial charge in [0.25, 0.3) is 9.05 Å². The second-order valence-electron chi connectivity index (χ2n) is 4.64. The number of esters is 1. The van der Waals surface area contributed by atoms with Crippen LogP contribution in [0.3, 0.4) is 0 Å². The van der Waals surface area contributed by atoms with Gasteiger partial charge in [0.1, 0.15) is 0 Å². The number of ether oxygens (including phenoxy) is 1. The van der Waals surface area contributed by atoms with E-state index in [9.17, 15) is 13.2 Å². The summed E-state index contributed by atoms with van der Waals surface area (Å²) < 4.78 is 27.4. The maximum Gasteiger partial charge on any atom is 0.338 e. The van der Waals surface area contributed by atoms with Crippen molar-refractivity contribution in [2.75, 3.05) is 6.61 Å². The van der Waals surface area contributed by atoms with Crippen molar-refractivity contribution in [2.45, 2.75) is 31.6 Å². The van der Waals surface area contributed by atoms with Gasteiger partial charge in [-0.05, 0) is 37.0 Å². The Kier molecular flexibility index (Phi) is 5.82. The van der Waals surface area contributed by atoms with Crippen LogP contribution in [0.25, 0.3) is 0 Å². The summed E-state index contributed by atoms with van der Waals surface area (Å²) in [4.78, 5) is 11.6. The van der Waals surface area contributed by atoms with Crippen molar-refractivity contribution in [3.05, 3.63) is 29.8 Å².